The highest BCUT2D eigenvalue weighted by molar-refractivity contribution is 5.70. The number of carbonyl (C=O) groups excluding carboxylic acids is 1. The average molecular weight is 392 g/mol. The molecule has 0 spiro atoms. The number of para-hydroxylation sites is 1. The first-order chi connectivity index (χ1) is 13.4. The first-order valence-electron chi connectivity index (χ1n) is 8.27. The molecule has 1 N–H and O–H groups in total. The first-order valence-corrected chi connectivity index (χ1v) is 8.27. The lowest BCUT2D eigenvalue weighted by molar-refractivity contribution is -0.141. The molecule has 7 nitrogen and oxygen atoms in total. The van der Waals surface area contributed by atoms with Gasteiger partial charge in [-0.25, -0.2) is 4.79 Å². The van der Waals surface area contributed by atoms with Gasteiger partial charge in [0.25, 0.3) is 0 Å². The van der Waals surface area contributed by atoms with Gasteiger partial charge in [-0.2, -0.15) is 18.2 Å². The Bertz CT molecular complexity index is 945. The van der Waals surface area contributed by atoms with Crippen molar-refractivity contribution in [3.05, 3.63) is 60.2 Å². The average Bonchev–Trinajstić information content (AvgIpc) is 3.16. The fourth-order valence-corrected chi connectivity index (χ4v) is 2.32. The SMILES string of the molecule is CC[C@H](NC(=O)Oc1ccccc1)c1nc(-c2ccnc(C(F)(F)F)c2)no1. The minimum atomic E-state index is -4.59. The summed E-state index contributed by atoms with van der Waals surface area (Å²) in [6, 6.07) is 9.95. The highest BCUT2D eigenvalue weighted by atomic mass is 19.4. The number of aromatic nitrogens is 3. The lowest BCUT2D eigenvalue weighted by Crippen LogP contribution is -2.31. The third-order valence-corrected chi connectivity index (χ3v) is 3.70. The molecule has 0 aliphatic carbocycles. The normalized spacial score (nSPS) is 12.4. The summed E-state index contributed by atoms with van der Waals surface area (Å²) in [4.78, 5) is 19.4. The maximum absolute atomic E-state index is 12.8. The molecule has 0 saturated carbocycles. The summed E-state index contributed by atoms with van der Waals surface area (Å²) in [5.74, 6) is 0.366. The highest BCUT2D eigenvalue weighted by Crippen LogP contribution is 2.30. The van der Waals surface area contributed by atoms with E-state index in [0.717, 1.165) is 12.3 Å². The molecule has 0 bridgehead atoms. The maximum atomic E-state index is 12.8. The van der Waals surface area contributed by atoms with Crippen LogP contribution in [0.25, 0.3) is 11.4 Å². The van der Waals surface area contributed by atoms with Crippen molar-refractivity contribution in [2.24, 2.45) is 0 Å². The van der Waals surface area contributed by atoms with Gasteiger partial charge in [-0.15, -0.1) is 0 Å². The summed E-state index contributed by atoms with van der Waals surface area (Å²) >= 11 is 0. The number of rotatable bonds is 5. The molecule has 146 valence electrons. The molecule has 0 radical (unpaired) electrons. The number of nitrogens with zero attached hydrogens (tertiary/aromatic N) is 3. The van der Waals surface area contributed by atoms with E-state index < -0.39 is 24.0 Å². The number of benzene rings is 1. The second-order valence-corrected chi connectivity index (χ2v) is 5.69. The Morgan fingerprint density at radius 1 is 1.25 bits per heavy atom. The number of alkyl halides is 3. The molecule has 10 heteroatoms. The van der Waals surface area contributed by atoms with Gasteiger partial charge in [0.1, 0.15) is 17.5 Å². The number of hydrogen-bond acceptors (Lipinski definition) is 6. The maximum Gasteiger partial charge on any atom is 0.433 e. The monoisotopic (exact) mass is 392 g/mol. The molecule has 28 heavy (non-hydrogen) atoms. The number of halogens is 3. The van der Waals surface area contributed by atoms with E-state index >= 15 is 0 Å². The molecular weight excluding hydrogens is 377 g/mol. The molecule has 0 aliphatic rings. The summed E-state index contributed by atoms with van der Waals surface area (Å²) in [6.45, 7) is 1.77. The lowest BCUT2D eigenvalue weighted by atomic mass is 10.2. The van der Waals surface area contributed by atoms with Gasteiger partial charge in [0.05, 0.1) is 0 Å². The Hall–Kier alpha value is -3.43. The molecule has 0 fully saturated rings. The van der Waals surface area contributed by atoms with E-state index in [1.165, 1.54) is 6.07 Å². The predicted molar refractivity (Wildman–Crippen MR) is 91.2 cm³/mol. The molecule has 0 saturated heterocycles. The van der Waals surface area contributed by atoms with Crippen molar-refractivity contribution >= 4 is 6.09 Å². The minimum absolute atomic E-state index is 0.0421. The van der Waals surface area contributed by atoms with Gasteiger partial charge in [-0.1, -0.05) is 30.3 Å². The van der Waals surface area contributed by atoms with Crippen LogP contribution in [0.2, 0.25) is 0 Å². The van der Waals surface area contributed by atoms with Gasteiger partial charge in [0.15, 0.2) is 0 Å². The van der Waals surface area contributed by atoms with Crippen molar-refractivity contribution < 1.29 is 27.2 Å². The topological polar surface area (TPSA) is 90.1 Å². The van der Waals surface area contributed by atoms with E-state index in [1.54, 1.807) is 37.3 Å². The summed E-state index contributed by atoms with van der Waals surface area (Å²) in [5.41, 5.74) is -0.966. The van der Waals surface area contributed by atoms with Crippen molar-refractivity contribution in [2.75, 3.05) is 0 Å². The Morgan fingerprint density at radius 3 is 2.68 bits per heavy atom. The van der Waals surface area contributed by atoms with Crippen LogP contribution in [-0.2, 0) is 6.18 Å². The van der Waals surface area contributed by atoms with Crippen LogP contribution in [-0.4, -0.2) is 21.2 Å². The lowest BCUT2D eigenvalue weighted by Gasteiger charge is -2.12. The van der Waals surface area contributed by atoms with Crippen LogP contribution in [0.3, 0.4) is 0 Å². The van der Waals surface area contributed by atoms with Crippen LogP contribution in [0.5, 0.6) is 5.75 Å². The number of carbonyl (C=O) groups is 1. The zero-order valence-corrected chi connectivity index (χ0v) is 14.6. The van der Waals surface area contributed by atoms with Gasteiger partial charge >= 0.3 is 12.3 Å². The standard InChI is InChI=1S/C18H15F3N4O3/c1-2-13(23-17(26)27-12-6-4-3-5-7-12)16-24-15(25-28-16)11-8-9-22-14(10-11)18(19,20)21/h3-10,13H,2H2,1H3,(H,23,26)/t13-/m0/s1. The largest absolute Gasteiger partial charge is 0.433 e. The van der Waals surface area contributed by atoms with Crippen molar-refractivity contribution in [1.29, 1.82) is 0 Å². The summed E-state index contributed by atoms with van der Waals surface area (Å²) < 4.78 is 48.7. The molecular formula is C18H15F3N4O3. The molecule has 1 atom stereocenters. The molecule has 3 rings (SSSR count). The Morgan fingerprint density at radius 2 is 2.00 bits per heavy atom. The molecule has 1 aromatic carbocycles. The molecule has 2 heterocycles. The van der Waals surface area contributed by atoms with Gasteiger partial charge in [-0.3, -0.25) is 4.98 Å². The van der Waals surface area contributed by atoms with Crippen molar-refractivity contribution in [2.45, 2.75) is 25.6 Å². The second kappa shape index (κ2) is 8.07. The summed E-state index contributed by atoms with van der Waals surface area (Å²) in [7, 11) is 0. The third-order valence-electron chi connectivity index (χ3n) is 3.70. The number of hydrogen-bond donors (Lipinski definition) is 1. The Balaban J connectivity index is 1.73. The van der Waals surface area contributed by atoms with E-state index in [1.807, 2.05) is 0 Å². The van der Waals surface area contributed by atoms with Crippen molar-refractivity contribution in [3.8, 4) is 17.1 Å². The third kappa shape index (κ3) is 4.64. The Labute approximate surface area is 157 Å². The predicted octanol–water partition coefficient (Wildman–Crippen LogP) is 4.39. The van der Waals surface area contributed by atoms with Crippen LogP contribution < -0.4 is 10.1 Å². The van der Waals surface area contributed by atoms with Crippen LogP contribution >= 0.6 is 0 Å². The smallest absolute Gasteiger partial charge is 0.410 e. The molecule has 0 unspecified atom stereocenters. The van der Waals surface area contributed by atoms with E-state index in [9.17, 15) is 18.0 Å². The molecule has 2 aromatic heterocycles. The minimum Gasteiger partial charge on any atom is -0.410 e. The second-order valence-electron chi connectivity index (χ2n) is 5.69. The quantitative estimate of drug-likeness (QED) is 0.693. The van der Waals surface area contributed by atoms with Gasteiger partial charge in [0.2, 0.25) is 11.7 Å². The van der Waals surface area contributed by atoms with Gasteiger partial charge < -0.3 is 14.6 Å². The first kappa shape index (κ1) is 19.3. The number of nitrogens with one attached hydrogen (secondary N) is 1. The van der Waals surface area contributed by atoms with Crippen LogP contribution in [0, 0.1) is 0 Å². The van der Waals surface area contributed by atoms with E-state index in [-0.39, 0.29) is 17.3 Å². The van der Waals surface area contributed by atoms with Crippen molar-refractivity contribution in [3.63, 3.8) is 0 Å². The summed E-state index contributed by atoms with van der Waals surface area (Å²) in [5, 5.41) is 6.28. The van der Waals surface area contributed by atoms with E-state index in [2.05, 4.69) is 20.4 Å². The number of pyridine rings is 1. The molecule has 0 aliphatic heterocycles. The van der Waals surface area contributed by atoms with Gasteiger partial charge in [0, 0.05) is 11.8 Å². The fraction of sp³-hybridized carbons (Fsp3) is 0.222. The van der Waals surface area contributed by atoms with Crippen LogP contribution in [0.15, 0.2) is 53.2 Å². The molecule has 1 amide bonds. The number of ether oxygens (including phenoxy) is 1. The zero-order chi connectivity index (χ0) is 20.1. The highest BCUT2D eigenvalue weighted by Gasteiger charge is 2.33. The summed E-state index contributed by atoms with van der Waals surface area (Å²) in [6.07, 6.45) is -3.89. The van der Waals surface area contributed by atoms with E-state index in [0.29, 0.717) is 12.2 Å². The zero-order valence-electron chi connectivity index (χ0n) is 14.6. The van der Waals surface area contributed by atoms with Crippen molar-refractivity contribution in [1.82, 2.24) is 20.4 Å². The van der Waals surface area contributed by atoms with Crippen LogP contribution in [0.4, 0.5) is 18.0 Å². The van der Waals surface area contributed by atoms with Gasteiger partial charge in [-0.05, 0) is 30.7 Å². The molecule has 3 aromatic rings. The van der Waals surface area contributed by atoms with E-state index in [4.69, 9.17) is 9.26 Å². The fourth-order valence-electron chi connectivity index (χ4n) is 2.32. The van der Waals surface area contributed by atoms with Crippen LogP contribution in [0.1, 0.15) is 31.0 Å². The Kier molecular flexibility index (Phi) is 5.57. The number of amides is 1.